The summed E-state index contributed by atoms with van der Waals surface area (Å²) in [6.45, 7) is 0.410. The molecule has 0 spiro atoms. The quantitative estimate of drug-likeness (QED) is 0.351. The number of benzene rings is 2. The van der Waals surface area contributed by atoms with Crippen molar-refractivity contribution in [3.05, 3.63) is 58.1 Å². The first-order valence-electron chi connectivity index (χ1n) is 8.61. The number of methoxy groups -OCH3 is 2. The molecule has 0 fully saturated rings. The molecule has 148 valence electrons. The lowest BCUT2D eigenvalue weighted by atomic mass is 10.2. The van der Waals surface area contributed by atoms with E-state index in [2.05, 4.69) is 31.8 Å². The van der Waals surface area contributed by atoms with Crippen molar-refractivity contribution < 1.29 is 19.1 Å². The van der Waals surface area contributed by atoms with E-state index < -0.39 is 0 Å². The van der Waals surface area contributed by atoms with Gasteiger partial charge in [0.15, 0.2) is 11.5 Å². The van der Waals surface area contributed by atoms with E-state index in [9.17, 15) is 9.59 Å². The molecule has 0 aliphatic carbocycles. The molecule has 0 saturated carbocycles. The molecule has 0 aliphatic heterocycles. The number of hydrazone groups is 1. The molecular formula is C20H22BrN3O4. The molecule has 28 heavy (non-hydrogen) atoms. The Morgan fingerprint density at radius 1 is 1.14 bits per heavy atom. The summed E-state index contributed by atoms with van der Waals surface area (Å²) >= 11 is 3.40. The average Bonchev–Trinajstić information content (AvgIpc) is 2.71. The van der Waals surface area contributed by atoms with Crippen LogP contribution >= 0.6 is 15.9 Å². The van der Waals surface area contributed by atoms with Gasteiger partial charge in [-0.05, 0) is 52.2 Å². The number of ether oxygens (including phenoxy) is 2. The zero-order valence-electron chi connectivity index (χ0n) is 15.7. The van der Waals surface area contributed by atoms with Crippen molar-refractivity contribution in [2.75, 3.05) is 20.8 Å². The van der Waals surface area contributed by atoms with Crippen molar-refractivity contribution in [2.24, 2.45) is 5.10 Å². The predicted octanol–water partition coefficient (Wildman–Crippen LogP) is 3.13. The highest BCUT2D eigenvalue weighted by atomic mass is 79.9. The van der Waals surface area contributed by atoms with Gasteiger partial charge in [0.05, 0.1) is 24.9 Å². The highest BCUT2D eigenvalue weighted by Crippen LogP contribution is 2.35. The molecule has 0 bridgehead atoms. The lowest BCUT2D eigenvalue weighted by molar-refractivity contribution is -0.121. The van der Waals surface area contributed by atoms with E-state index in [1.54, 1.807) is 50.6 Å². The highest BCUT2D eigenvalue weighted by molar-refractivity contribution is 9.10. The van der Waals surface area contributed by atoms with E-state index in [0.29, 0.717) is 30.0 Å². The molecule has 2 rings (SSSR count). The largest absolute Gasteiger partial charge is 0.493 e. The number of amides is 2. The molecule has 2 aromatic carbocycles. The van der Waals surface area contributed by atoms with Crippen LogP contribution in [0, 0.1) is 0 Å². The van der Waals surface area contributed by atoms with Gasteiger partial charge >= 0.3 is 0 Å². The van der Waals surface area contributed by atoms with Crippen molar-refractivity contribution >= 4 is 34.0 Å². The van der Waals surface area contributed by atoms with Crippen LogP contribution in [0.4, 0.5) is 0 Å². The van der Waals surface area contributed by atoms with Gasteiger partial charge in [-0.25, -0.2) is 5.43 Å². The van der Waals surface area contributed by atoms with Gasteiger partial charge in [-0.3, -0.25) is 9.59 Å². The molecule has 0 unspecified atom stereocenters. The third kappa shape index (κ3) is 6.38. The lowest BCUT2D eigenvalue weighted by Gasteiger charge is -2.10. The number of rotatable bonds is 9. The fraction of sp³-hybridized carbons (Fsp3) is 0.250. The van der Waals surface area contributed by atoms with Gasteiger partial charge < -0.3 is 14.8 Å². The molecule has 0 atom stereocenters. The van der Waals surface area contributed by atoms with E-state index in [4.69, 9.17) is 9.47 Å². The molecule has 0 saturated heterocycles. The van der Waals surface area contributed by atoms with E-state index in [0.717, 1.165) is 10.0 Å². The van der Waals surface area contributed by atoms with Gasteiger partial charge in [0.1, 0.15) is 0 Å². The summed E-state index contributed by atoms with van der Waals surface area (Å²) in [5.41, 5.74) is 3.80. The van der Waals surface area contributed by atoms with Gasteiger partial charge in [0.2, 0.25) is 5.91 Å². The molecule has 0 aromatic heterocycles. The fourth-order valence-corrected chi connectivity index (χ4v) is 3.01. The average molecular weight is 448 g/mol. The lowest BCUT2D eigenvalue weighted by Crippen LogP contribution is -2.26. The topological polar surface area (TPSA) is 89.0 Å². The zero-order valence-corrected chi connectivity index (χ0v) is 17.3. The number of carbonyl (C=O) groups is 2. The number of nitrogens with one attached hydrogen (secondary N) is 2. The summed E-state index contributed by atoms with van der Waals surface area (Å²) < 4.78 is 11.2. The summed E-state index contributed by atoms with van der Waals surface area (Å²) in [5.74, 6) is 0.753. The maximum Gasteiger partial charge on any atom is 0.251 e. The minimum Gasteiger partial charge on any atom is -0.493 e. The van der Waals surface area contributed by atoms with Crippen LogP contribution in [-0.2, 0) is 4.79 Å². The van der Waals surface area contributed by atoms with Crippen molar-refractivity contribution in [1.82, 2.24) is 10.7 Å². The van der Waals surface area contributed by atoms with Crippen LogP contribution in [0.3, 0.4) is 0 Å². The molecule has 7 nitrogen and oxygen atoms in total. The Balaban J connectivity index is 1.75. The van der Waals surface area contributed by atoms with E-state index in [-0.39, 0.29) is 18.2 Å². The monoisotopic (exact) mass is 447 g/mol. The SMILES string of the molecule is COc1cc(C=NNC(=O)CCCNC(=O)c2ccccc2)cc(Br)c1OC. The second-order valence-electron chi connectivity index (χ2n) is 5.76. The molecule has 8 heteroatoms. The number of hydrogen-bond acceptors (Lipinski definition) is 5. The molecule has 2 N–H and O–H groups in total. The molecule has 2 aromatic rings. The Kier molecular flexibility index (Phi) is 8.48. The Hall–Kier alpha value is -2.87. The van der Waals surface area contributed by atoms with Gasteiger partial charge in [-0.1, -0.05) is 18.2 Å². The summed E-state index contributed by atoms with van der Waals surface area (Å²) in [7, 11) is 3.10. The minimum absolute atomic E-state index is 0.155. The van der Waals surface area contributed by atoms with Crippen molar-refractivity contribution in [3.63, 3.8) is 0 Å². The second-order valence-corrected chi connectivity index (χ2v) is 6.61. The van der Waals surface area contributed by atoms with Gasteiger partial charge in [-0.2, -0.15) is 5.10 Å². The Morgan fingerprint density at radius 2 is 1.89 bits per heavy atom. The van der Waals surface area contributed by atoms with Crippen LogP contribution in [0.15, 0.2) is 52.0 Å². The van der Waals surface area contributed by atoms with Crippen LogP contribution in [-0.4, -0.2) is 38.8 Å². The third-order valence-corrected chi connectivity index (χ3v) is 4.35. The van der Waals surface area contributed by atoms with Crippen LogP contribution in [0.25, 0.3) is 0 Å². The number of hydrogen-bond donors (Lipinski definition) is 2. The second kappa shape index (κ2) is 11.1. The standard InChI is InChI=1S/C20H22BrN3O4/c1-27-17-12-14(11-16(21)19(17)28-2)13-23-24-18(25)9-6-10-22-20(26)15-7-4-3-5-8-15/h3-5,7-8,11-13H,6,9-10H2,1-2H3,(H,22,26)(H,24,25). The van der Waals surface area contributed by atoms with Crippen LogP contribution < -0.4 is 20.2 Å². The Morgan fingerprint density at radius 3 is 2.57 bits per heavy atom. The Labute approximate surface area is 172 Å². The van der Waals surface area contributed by atoms with Gasteiger partial charge in [-0.15, -0.1) is 0 Å². The molecule has 0 heterocycles. The van der Waals surface area contributed by atoms with Gasteiger partial charge in [0.25, 0.3) is 5.91 Å². The third-order valence-electron chi connectivity index (χ3n) is 3.76. The summed E-state index contributed by atoms with van der Waals surface area (Å²) in [5, 5.41) is 6.72. The minimum atomic E-state index is -0.232. The highest BCUT2D eigenvalue weighted by Gasteiger charge is 2.09. The number of halogens is 1. The molecule has 0 radical (unpaired) electrons. The first-order chi connectivity index (χ1) is 13.5. The summed E-state index contributed by atoms with van der Waals surface area (Å²) in [4.78, 5) is 23.7. The van der Waals surface area contributed by atoms with Gasteiger partial charge in [0, 0.05) is 18.5 Å². The number of carbonyl (C=O) groups excluding carboxylic acids is 2. The van der Waals surface area contributed by atoms with Crippen LogP contribution in [0.5, 0.6) is 11.5 Å². The summed E-state index contributed by atoms with van der Waals surface area (Å²) in [6.07, 6.45) is 2.28. The smallest absolute Gasteiger partial charge is 0.251 e. The van der Waals surface area contributed by atoms with Crippen LogP contribution in [0.1, 0.15) is 28.8 Å². The van der Waals surface area contributed by atoms with Crippen molar-refractivity contribution in [3.8, 4) is 11.5 Å². The maximum absolute atomic E-state index is 11.9. The Bertz CT molecular complexity index is 841. The predicted molar refractivity (Wildman–Crippen MR) is 111 cm³/mol. The molecule has 2 amide bonds. The summed E-state index contributed by atoms with van der Waals surface area (Å²) in [6, 6.07) is 12.5. The number of nitrogens with zero attached hydrogens (tertiary/aromatic N) is 1. The van der Waals surface area contributed by atoms with E-state index >= 15 is 0 Å². The van der Waals surface area contributed by atoms with E-state index in [1.807, 2.05) is 6.07 Å². The maximum atomic E-state index is 11.9. The molecular weight excluding hydrogens is 426 g/mol. The first kappa shape index (κ1) is 21.4. The first-order valence-corrected chi connectivity index (χ1v) is 9.41. The van der Waals surface area contributed by atoms with E-state index in [1.165, 1.54) is 6.21 Å². The zero-order chi connectivity index (χ0) is 20.4. The van der Waals surface area contributed by atoms with Crippen molar-refractivity contribution in [2.45, 2.75) is 12.8 Å². The van der Waals surface area contributed by atoms with Crippen molar-refractivity contribution in [1.29, 1.82) is 0 Å². The normalized spacial score (nSPS) is 10.5. The fourth-order valence-electron chi connectivity index (χ4n) is 2.39. The molecule has 0 aliphatic rings. The van der Waals surface area contributed by atoms with Crippen LogP contribution in [0.2, 0.25) is 0 Å².